The molecule has 2 aromatic rings. The van der Waals surface area contributed by atoms with Crippen molar-refractivity contribution in [3.05, 3.63) is 42.2 Å². The number of halogens is 3. The number of hydrogen-bond donors (Lipinski definition) is 2. The molecular weight excluding hydrogens is 333 g/mol. The van der Waals surface area contributed by atoms with Gasteiger partial charge in [-0.25, -0.2) is 4.68 Å². The Kier molecular flexibility index (Phi) is 5.08. The molecule has 1 aromatic carbocycles. The number of carbonyl (C=O) groups excluding carboxylic acids is 1. The quantitative estimate of drug-likeness (QED) is 0.869. The highest BCUT2D eigenvalue weighted by Crippen LogP contribution is 2.30. The number of benzene rings is 1. The monoisotopic (exact) mass is 352 g/mol. The van der Waals surface area contributed by atoms with E-state index in [1.54, 1.807) is 0 Å². The van der Waals surface area contributed by atoms with Crippen molar-refractivity contribution in [1.82, 2.24) is 15.1 Å². The third-order valence-electron chi connectivity index (χ3n) is 4.25. The Morgan fingerprint density at radius 1 is 1.40 bits per heavy atom. The van der Waals surface area contributed by atoms with E-state index in [-0.39, 0.29) is 11.6 Å². The normalized spacial score (nSPS) is 17.6. The molecular formula is C17H19F3N4O. The number of hydrogen-bond acceptors (Lipinski definition) is 3. The maximum Gasteiger partial charge on any atom is 0.416 e. The Bertz CT molecular complexity index is 735. The summed E-state index contributed by atoms with van der Waals surface area (Å²) >= 11 is 0. The largest absolute Gasteiger partial charge is 0.416 e. The number of rotatable bonds is 5. The fraction of sp³-hybridized carbons (Fsp3) is 0.412. The van der Waals surface area contributed by atoms with E-state index >= 15 is 0 Å². The smallest absolute Gasteiger partial charge is 0.323 e. The summed E-state index contributed by atoms with van der Waals surface area (Å²) in [5.74, 6) is 0.411. The van der Waals surface area contributed by atoms with E-state index in [0.29, 0.717) is 18.0 Å². The molecule has 3 rings (SSSR count). The first-order valence-corrected chi connectivity index (χ1v) is 8.15. The van der Waals surface area contributed by atoms with Crippen LogP contribution in [0.1, 0.15) is 24.8 Å². The molecule has 1 unspecified atom stereocenters. The van der Waals surface area contributed by atoms with Crippen LogP contribution in [0.3, 0.4) is 0 Å². The summed E-state index contributed by atoms with van der Waals surface area (Å²) in [7, 11) is 0. The maximum absolute atomic E-state index is 12.8. The molecule has 1 fully saturated rings. The van der Waals surface area contributed by atoms with E-state index in [4.69, 9.17) is 0 Å². The minimum atomic E-state index is -4.41. The van der Waals surface area contributed by atoms with Crippen molar-refractivity contribution in [1.29, 1.82) is 0 Å². The first-order valence-electron chi connectivity index (χ1n) is 8.15. The zero-order valence-corrected chi connectivity index (χ0v) is 13.5. The van der Waals surface area contributed by atoms with Gasteiger partial charge in [-0.2, -0.15) is 18.3 Å². The van der Waals surface area contributed by atoms with Crippen LogP contribution in [0.2, 0.25) is 0 Å². The topological polar surface area (TPSA) is 59.0 Å². The van der Waals surface area contributed by atoms with E-state index < -0.39 is 11.7 Å². The zero-order valence-electron chi connectivity index (χ0n) is 13.5. The highest BCUT2D eigenvalue weighted by Gasteiger charge is 2.30. The van der Waals surface area contributed by atoms with Crippen molar-refractivity contribution in [3.63, 3.8) is 0 Å². The average Bonchev–Trinajstić information content (AvgIpc) is 3.24. The molecule has 1 aliphatic rings. The number of nitrogens with one attached hydrogen (secondary N) is 2. The van der Waals surface area contributed by atoms with Crippen molar-refractivity contribution in [3.8, 4) is 5.69 Å². The summed E-state index contributed by atoms with van der Waals surface area (Å²) in [5, 5.41) is 10.0. The Hall–Kier alpha value is -2.35. The number of aromatic nitrogens is 2. The molecule has 1 amide bonds. The molecule has 0 saturated carbocycles. The van der Waals surface area contributed by atoms with E-state index in [1.165, 1.54) is 29.2 Å². The number of nitrogens with zero attached hydrogens (tertiary/aromatic N) is 2. The molecule has 0 spiro atoms. The van der Waals surface area contributed by atoms with Gasteiger partial charge in [0.2, 0.25) is 5.91 Å². The molecule has 8 heteroatoms. The standard InChI is InChI=1S/C17H19F3N4O/c18-17(19,20)13-2-1-3-15(8-13)24-11-14(10-22-24)23-16(25)5-4-12-6-7-21-9-12/h1-3,8,10-12,21H,4-7,9H2,(H,23,25). The van der Waals surface area contributed by atoms with Crippen LogP contribution in [-0.4, -0.2) is 28.8 Å². The van der Waals surface area contributed by atoms with Crippen LogP contribution in [0.5, 0.6) is 0 Å². The van der Waals surface area contributed by atoms with Crippen LogP contribution in [0.25, 0.3) is 5.69 Å². The maximum atomic E-state index is 12.8. The van der Waals surface area contributed by atoms with Crippen molar-refractivity contribution in [2.45, 2.75) is 25.4 Å². The van der Waals surface area contributed by atoms with E-state index in [2.05, 4.69) is 15.7 Å². The van der Waals surface area contributed by atoms with Gasteiger partial charge in [-0.05, 0) is 50.0 Å². The third kappa shape index (κ3) is 4.60. The Labute approximate surface area is 143 Å². The van der Waals surface area contributed by atoms with Gasteiger partial charge >= 0.3 is 6.18 Å². The lowest BCUT2D eigenvalue weighted by Crippen LogP contribution is -2.14. The summed E-state index contributed by atoms with van der Waals surface area (Å²) in [4.78, 5) is 12.0. The van der Waals surface area contributed by atoms with Gasteiger partial charge in [0.15, 0.2) is 0 Å². The third-order valence-corrected chi connectivity index (χ3v) is 4.25. The van der Waals surface area contributed by atoms with E-state index in [1.807, 2.05) is 0 Å². The molecule has 0 bridgehead atoms. The van der Waals surface area contributed by atoms with Gasteiger partial charge in [-0.15, -0.1) is 0 Å². The predicted molar refractivity (Wildman–Crippen MR) is 87.4 cm³/mol. The lowest BCUT2D eigenvalue weighted by atomic mass is 10.0. The van der Waals surface area contributed by atoms with Crippen LogP contribution < -0.4 is 10.6 Å². The average molecular weight is 352 g/mol. The van der Waals surface area contributed by atoms with E-state index in [0.717, 1.165) is 38.1 Å². The summed E-state index contributed by atoms with van der Waals surface area (Å²) in [6, 6.07) is 4.88. The van der Waals surface area contributed by atoms with Crippen molar-refractivity contribution >= 4 is 11.6 Å². The van der Waals surface area contributed by atoms with Crippen LogP contribution in [-0.2, 0) is 11.0 Å². The molecule has 0 aliphatic carbocycles. The molecule has 25 heavy (non-hydrogen) atoms. The summed E-state index contributed by atoms with van der Waals surface area (Å²) in [6.07, 6.45) is 0.845. The van der Waals surface area contributed by atoms with Crippen molar-refractivity contribution in [2.75, 3.05) is 18.4 Å². The first kappa shape index (κ1) is 17.5. The van der Waals surface area contributed by atoms with Gasteiger partial charge in [0.25, 0.3) is 0 Å². The molecule has 2 heterocycles. The molecule has 5 nitrogen and oxygen atoms in total. The second kappa shape index (κ2) is 7.26. The fourth-order valence-electron chi connectivity index (χ4n) is 2.87. The van der Waals surface area contributed by atoms with Gasteiger partial charge in [0.1, 0.15) is 0 Å². The second-order valence-corrected chi connectivity index (χ2v) is 6.17. The van der Waals surface area contributed by atoms with Gasteiger partial charge in [-0.3, -0.25) is 4.79 Å². The van der Waals surface area contributed by atoms with Gasteiger partial charge in [0, 0.05) is 6.42 Å². The highest BCUT2D eigenvalue weighted by molar-refractivity contribution is 5.90. The summed E-state index contributed by atoms with van der Waals surface area (Å²) in [5.41, 5.74) is 0.00979. The summed E-state index contributed by atoms with van der Waals surface area (Å²) in [6.45, 7) is 1.94. The predicted octanol–water partition coefficient (Wildman–Crippen LogP) is 3.22. The molecule has 1 atom stereocenters. The number of alkyl halides is 3. The minimum Gasteiger partial charge on any atom is -0.323 e. The Morgan fingerprint density at radius 2 is 2.24 bits per heavy atom. The molecule has 1 aromatic heterocycles. The molecule has 2 N–H and O–H groups in total. The highest BCUT2D eigenvalue weighted by atomic mass is 19.4. The van der Waals surface area contributed by atoms with Gasteiger partial charge in [0.05, 0.1) is 29.3 Å². The first-order chi connectivity index (χ1) is 11.9. The fourth-order valence-corrected chi connectivity index (χ4v) is 2.87. The minimum absolute atomic E-state index is 0.115. The van der Waals surface area contributed by atoms with Crippen LogP contribution >= 0.6 is 0 Å². The zero-order chi connectivity index (χ0) is 17.9. The Balaban J connectivity index is 1.61. The molecule has 1 aliphatic heterocycles. The van der Waals surface area contributed by atoms with Crippen LogP contribution in [0.4, 0.5) is 18.9 Å². The molecule has 134 valence electrons. The number of carbonyl (C=O) groups is 1. The van der Waals surface area contributed by atoms with Crippen LogP contribution in [0, 0.1) is 5.92 Å². The van der Waals surface area contributed by atoms with Gasteiger partial charge in [-0.1, -0.05) is 6.07 Å². The lowest BCUT2D eigenvalue weighted by Gasteiger charge is -2.08. The molecule has 1 saturated heterocycles. The van der Waals surface area contributed by atoms with Crippen molar-refractivity contribution in [2.24, 2.45) is 5.92 Å². The number of anilines is 1. The van der Waals surface area contributed by atoms with Gasteiger partial charge < -0.3 is 10.6 Å². The summed E-state index contributed by atoms with van der Waals surface area (Å²) < 4.78 is 39.7. The Morgan fingerprint density at radius 3 is 2.96 bits per heavy atom. The molecule has 0 radical (unpaired) electrons. The van der Waals surface area contributed by atoms with Crippen LogP contribution in [0.15, 0.2) is 36.7 Å². The SMILES string of the molecule is O=C(CCC1CCNC1)Nc1cnn(-c2cccc(C(F)(F)F)c2)c1. The van der Waals surface area contributed by atoms with E-state index in [9.17, 15) is 18.0 Å². The van der Waals surface area contributed by atoms with Crippen molar-refractivity contribution < 1.29 is 18.0 Å². The number of amides is 1. The lowest BCUT2D eigenvalue weighted by molar-refractivity contribution is -0.137. The second-order valence-electron chi connectivity index (χ2n) is 6.17.